The molecular formula is C32H28F3N5O2S. The standard InChI is InChI=1S/C32H28F3N5O2S/c1-2-22-25(34)5-4-17-8-21(41)10-23(26(17)22)28-27(35)29-24(12-36-28)30(40-19-9-20(40)15-43-14-19)38-31(37-29)42-16-32-6-3-7-39(32)13-18(33)11-32/h1,4-5,8,10,12,18-20,41H,3,6-7,9,11,13-16H2/t18-,19?,20?,32+/m1/s1. The third-order valence-corrected chi connectivity index (χ3v) is 10.8. The number of phenolic OH excluding ortho intramolecular Hbond substituents is 1. The van der Waals surface area contributed by atoms with E-state index in [9.17, 15) is 13.9 Å². The molecule has 2 unspecified atom stereocenters. The molecular weight excluding hydrogens is 575 g/mol. The molecule has 4 aliphatic rings. The van der Waals surface area contributed by atoms with Gasteiger partial charge in [-0.1, -0.05) is 12.0 Å². The number of rotatable bonds is 5. The maximum Gasteiger partial charge on any atom is 0.319 e. The van der Waals surface area contributed by atoms with Crippen LogP contribution in [0.3, 0.4) is 0 Å². The molecule has 43 heavy (non-hydrogen) atoms. The number of anilines is 1. The predicted octanol–water partition coefficient (Wildman–Crippen LogP) is 5.46. The van der Waals surface area contributed by atoms with Crippen molar-refractivity contribution in [3.05, 3.63) is 47.7 Å². The minimum absolute atomic E-state index is 0.00773. The molecule has 2 aromatic carbocycles. The van der Waals surface area contributed by atoms with Gasteiger partial charge in [0.05, 0.1) is 16.5 Å². The van der Waals surface area contributed by atoms with Crippen molar-refractivity contribution in [2.45, 2.75) is 49.5 Å². The highest BCUT2D eigenvalue weighted by atomic mass is 32.2. The number of hydrogen-bond acceptors (Lipinski definition) is 8. The van der Waals surface area contributed by atoms with Crippen LogP contribution in [0.15, 0.2) is 30.5 Å². The quantitative estimate of drug-likeness (QED) is 0.302. The van der Waals surface area contributed by atoms with Gasteiger partial charge in [0.25, 0.3) is 0 Å². The van der Waals surface area contributed by atoms with E-state index in [0.717, 1.165) is 37.3 Å². The first kappa shape index (κ1) is 26.8. The van der Waals surface area contributed by atoms with Crippen molar-refractivity contribution in [2.75, 3.05) is 36.1 Å². The summed E-state index contributed by atoms with van der Waals surface area (Å²) in [5.41, 5.74) is -0.423. The van der Waals surface area contributed by atoms with E-state index < -0.39 is 23.3 Å². The third-order valence-electron chi connectivity index (χ3n) is 9.52. The second-order valence-electron chi connectivity index (χ2n) is 12.0. The van der Waals surface area contributed by atoms with E-state index in [1.165, 1.54) is 30.5 Å². The molecule has 0 radical (unpaired) electrons. The lowest BCUT2D eigenvalue weighted by molar-refractivity contribution is 0.107. The molecule has 6 heterocycles. The number of ether oxygens (including phenoxy) is 1. The van der Waals surface area contributed by atoms with Gasteiger partial charge in [0.15, 0.2) is 5.82 Å². The number of terminal acetylenes is 1. The number of pyridine rings is 1. The smallest absolute Gasteiger partial charge is 0.319 e. The summed E-state index contributed by atoms with van der Waals surface area (Å²) in [6.45, 7) is 1.43. The van der Waals surface area contributed by atoms with E-state index in [0.29, 0.717) is 29.6 Å². The van der Waals surface area contributed by atoms with Crippen LogP contribution in [0.2, 0.25) is 0 Å². The number of hydrogen-bond donors (Lipinski definition) is 1. The summed E-state index contributed by atoms with van der Waals surface area (Å²) in [4.78, 5) is 18.2. The average Bonchev–Trinajstić information content (AvgIpc) is 3.52. The number of aromatic hydroxyl groups is 1. The maximum absolute atomic E-state index is 16.7. The molecule has 4 atom stereocenters. The summed E-state index contributed by atoms with van der Waals surface area (Å²) < 4.78 is 52.1. The molecule has 4 aliphatic heterocycles. The van der Waals surface area contributed by atoms with Gasteiger partial charge >= 0.3 is 6.01 Å². The molecule has 0 saturated carbocycles. The molecule has 2 bridgehead atoms. The summed E-state index contributed by atoms with van der Waals surface area (Å²) >= 11 is 1.89. The van der Waals surface area contributed by atoms with Crippen molar-refractivity contribution < 1.29 is 23.0 Å². The van der Waals surface area contributed by atoms with Crippen molar-refractivity contribution in [3.8, 4) is 35.4 Å². The number of phenols is 1. The molecule has 11 heteroatoms. The summed E-state index contributed by atoms with van der Waals surface area (Å²) in [5, 5.41) is 11.6. The number of fused-ring (bicyclic) bond motifs is 5. The highest BCUT2D eigenvalue weighted by Crippen LogP contribution is 2.45. The largest absolute Gasteiger partial charge is 0.508 e. The second kappa shape index (κ2) is 9.89. The fourth-order valence-corrected chi connectivity index (χ4v) is 8.83. The first-order valence-electron chi connectivity index (χ1n) is 14.5. The van der Waals surface area contributed by atoms with Crippen LogP contribution in [0.1, 0.15) is 31.2 Å². The topological polar surface area (TPSA) is 74.6 Å². The van der Waals surface area contributed by atoms with E-state index in [4.69, 9.17) is 16.1 Å². The Labute approximate surface area is 250 Å². The summed E-state index contributed by atoms with van der Waals surface area (Å²) in [6, 6.07) is 6.03. The van der Waals surface area contributed by atoms with E-state index in [1.807, 2.05) is 11.8 Å². The van der Waals surface area contributed by atoms with Crippen molar-refractivity contribution in [2.24, 2.45) is 0 Å². The summed E-state index contributed by atoms with van der Waals surface area (Å²) in [5.74, 6) is 3.29. The van der Waals surface area contributed by atoms with Crippen molar-refractivity contribution in [1.82, 2.24) is 19.9 Å². The van der Waals surface area contributed by atoms with Gasteiger partial charge < -0.3 is 14.7 Å². The summed E-state index contributed by atoms with van der Waals surface area (Å²) in [7, 11) is 0. The molecule has 0 aliphatic carbocycles. The van der Waals surface area contributed by atoms with E-state index in [1.54, 1.807) is 0 Å². The van der Waals surface area contributed by atoms with Crippen LogP contribution in [0, 0.1) is 24.0 Å². The molecule has 8 rings (SSSR count). The first-order valence-corrected chi connectivity index (χ1v) is 15.7. The van der Waals surface area contributed by atoms with E-state index in [2.05, 4.69) is 25.7 Å². The van der Waals surface area contributed by atoms with E-state index in [-0.39, 0.29) is 58.2 Å². The van der Waals surface area contributed by atoms with Crippen molar-refractivity contribution in [1.29, 1.82) is 0 Å². The van der Waals surface area contributed by atoms with Gasteiger partial charge in [-0.05, 0) is 49.4 Å². The van der Waals surface area contributed by atoms with Gasteiger partial charge in [0.1, 0.15) is 41.4 Å². The van der Waals surface area contributed by atoms with E-state index >= 15 is 4.39 Å². The third kappa shape index (κ3) is 4.14. The molecule has 4 aromatic rings. The lowest BCUT2D eigenvalue weighted by Crippen LogP contribution is -2.62. The second-order valence-corrected chi connectivity index (χ2v) is 13.1. The minimum atomic E-state index is -0.907. The van der Waals surface area contributed by atoms with Crippen molar-refractivity contribution in [3.63, 3.8) is 0 Å². The van der Waals surface area contributed by atoms with Crippen LogP contribution >= 0.6 is 11.8 Å². The number of halogens is 3. The molecule has 7 nitrogen and oxygen atoms in total. The molecule has 0 amide bonds. The van der Waals surface area contributed by atoms with Crippen LogP contribution in [-0.4, -0.2) is 80.0 Å². The van der Waals surface area contributed by atoms with Gasteiger partial charge in [0.2, 0.25) is 0 Å². The zero-order valence-electron chi connectivity index (χ0n) is 23.2. The fourth-order valence-electron chi connectivity index (χ4n) is 7.56. The van der Waals surface area contributed by atoms with Crippen LogP contribution in [0.5, 0.6) is 11.8 Å². The molecule has 220 valence electrons. The van der Waals surface area contributed by atoms with Crippen molar-refractivity contribution >= 4 is 39.3 Å². The Morgan fingerprint density at radius 3 is 2.81 bits per heavy atom. The Balaban J connectivity index is 1.28. The van der Waals surface area contributed by atoms with Crippen LogP contribution < -0.4 is 9.64 Å². The number of benzene rings is 2. The average molecular weight is 604 g/mol. The Morgan fingerprint density at radius 1 is 1.19 bits per heavy atom. The molecule has 4 saturated heterocycles. The number of alkyl halides is 1. The minimum Gasteiger partial charge on any atom is -0.508 e. The zero-order chi connectivity index (χ0) is 29.5. The van der Waals surface area contributed by atoms with Gasteiger partial charge in [-0.25, -0.2) is 13.2 Å². The number of nitrogens with zero attached hydrogens (tertiary/aromatic N) is 5. The number of aromatic nitrogens is 3. The Morgan fingerprint density at radius 2 is 2.02 bits per heavy atom. The molecule has 4 fully saturated rings. The van der Waals surface area contributed by atoms with Gasteiger partial charge in [-0.2, -0.15) is 21.7 Å². The monoisotopic (exact) mass is 603 g/mol. The van der Waals surface area contributed by atoms with Crippen LogP contribution in [0.25, 0.3) is 32.9 Å². The Hall–Kier alpha value is -3.75. The van der Waals surface area contributed by atoms with Gasteiger partial charge in [-0.3, -0.25) is 9.88 Å². The van der Waals surface area contributed by atoms with Crippen LogP contribution in [0.4, 0.5) is 19.0 Å². The highest BCUT2D eigenvalue weighted by Gasteiger charge is 2.49. The number of thioether (sulfide) groups is 1. The lowest BCUT2D eigenvalue weighted by atomic mass is 9.94. The predicted molar refractivity (Wildman–Crippen MR) is 160 cm³/mol. The Bertz CT molecular complexity index is 1840. The molecule has 1 N–H and O–H groups in total. The van der Waals surface area contributed by atoms with Gasteiger partial charge in [-0.15, -0.1) is 6.42 Å². The Kier molecular flexibility index (Phi) is 6.18. The fraction of sp³-hybridized carbons (Fsp3) is 0.406. The normalized spacial score (nSPS) is 26.5. The summed E-state index contributed by atoms with van der Waals surface area (Å²) in [6.07, 6.45) is 9.50. The zero-order valence-corrected chi connectivity index (χ0v) is 24.0. The SMILES string of the molecule is C#Cc1c(F)ccc2cc(O)cc(-c3ncc4c(N5C6CSCC5C6)nc(OC[C@@]56CCCN5C[C@H](F)C6)nc4c3F)c12. The molecule has 0 spiro atoms. The molecule has 2 aromatic heterocycles. The lowest BCUT2D eigenvalue weighted by Gasteiger charge is -2.53. The first-order chi connectivity index (χ1) is 20.8. The maximum atomic E-state index is 16.7. The highest BCUT2D eigenvalue weighted by molar-refractivity contribution is 7.99. The van der Waals surface area contributed by atoms with Crippen LogP contribution in [-0.2, 0) is 0 Å². The van der Waals surface area contributed by atoms with Gasteiger partial charge in [0, 0.05) is 53.7 Å².